The Morgan fingerprint density at radius 3 is 2.95 bits per heavy atom. The Hall–Kier alpha value is -1.14. The van der Waals surface area contributed by atoms with Crippen LogP contribution in [0.5, 0.6) is 5.75 Å². The SMILES string of the molecule is CCC[C@@H](CN)NC1OC1c1sc2ccc(OC)cc2c1C. The molecule has 5 heteroatoms. The van der Waals surface area contributed by atoms with E-state index in [1.165, 1.54) is 20.5 Å². The molecule has 120 valence electrons. The van der Waals surface area contributed by atoms with Crippen LogP contribution in [-0.2, 0) is 4.74 Å². The zero-order valence-corrected chi connectivity index (χ0v) is 14.2. The van der Waals surface area contributed by atoms with E-state index in [-0.39, 0.29) is 12.3 Å². The molecule has 1 aliphatic rings. The largest absolute Gasteiger partial charge is 0.497 e. The molecule has 4 nitrogen and oxygen atoms in total. The van der Waals surface area contributed by atoms with E-state index in [1.807, 2.05) is 17.4 Å². The van der Waals surface area contributed by atoms with Gasteiger partial charge in [0, 0.05) is 22.2 Å². The van der Waals surface area contributed by atoms with E-state index < -0.39 is 0 Å². The standard InChI is InChI=1S/C17H24N2O2S/c1-4-5-11(9-18)19-17-15(21-17)16-10(2)13-8-12(20-3)6-7-14(13)22-16/h6-8,11,15,17,19H,4-5,9,18H2,1-3H3/t11-,15?,17?/m0/s1. The van der Waals surface area contributed by atoms with Gasteiger partial charge in [0.05, 0.1) is 7.11 Å². The molecule has 0 radical (unpaired) electrons. The van der Waals surface area contributed by atoms with E-state index >= 15 is 0 Å². The minimum Gasteiger partial charge on any atom is -0.497 e. The Morgan fingerprint density at radius 2 is 2.27 bits per heavy atom. The molecule has 2 unspecified atom stereocenters. The van der Waals surface area contributed by atoms with Crippen molar-refractivity contribution < 1.29 is 9.47 Å². The van der Waals surface area contributed by atoms with Crippen LogP contribution >= 0.6 is 11.3 Å². The molecule has 22 heavy (non-hydrogen) atoms. The fourth-order valence-electron chi connectivity index (χ4n) is 2.91. The lowest BCUT2D eigenvalue weighted by molar-refractivity contribution is 0.321. The third-order valence-electron chi connectivity index (χ3n) is 4.25. The average molecular weight is 320 g/mol. The maximum Gasteiger partial charge on any atom is 0.141 e. The summed E-state index contributed by atoms with van der Waals surface area (Å²) < 4.78 is 12.5. The molecule has 0 amide bonds. The summed E-state index contributed by atoms with van der Waals surface area (Å²) in [5, 5.41) is 4.78. The fraction of sp³-hybridized carbons (Fsp3) is 0.529. The number of rotatable bonds is 7. The number of fused-ring (bicyclic) bond motifs is 1. The Labute approximate surface area is 135 Å². The smallest absolute Gasteiger partial charge is 0.141 e. The van der Waals surface area contributed by atoms with E-state index in [0.29, 0.717) is 12.6 Å². The Kier molecular flexibility index (Phi) is 4.68. The predicted molar refractivity (Wildman–Crippen MR) is 91.6 cm³/mol. The van der Waals surface area contributed by atoms with Crippen LogP contribution in [-0.4, -0.2) is 25.9 Å². The Balaban J connectivity index is 1.76. The topological polar surface area (TPSA) is 59.8 Å². The second-order valence-electron chi connectivity index (χ2n) is 5.82. The number of nitrogens with two attached hydrogens (primary N) is 1. The van der Waals surface area contributed by atoms with Crippen molar-refractivity contribution in [1.29, 1.82) is 0 Å². The molecule has 2 aromatic rings. The van der Waals surface area contributed by atoms with E-state index in [4.69, 9.17) is 15.2 Å². The molecule has 2 heterocycles. The van der Waals surface area contributed by atoms with Crippen molar-refractivity contribution >= 4 is 21.4 Å². The van der Waals surface area contributed by atoms with E-state index in [2.05, 4.69) is 31.3 Å². The zero-order valence-electron chi connectivity index (χ0n) is 13.4. The van der Waals surface area contributed by atoms with Gasteiger partial charge in [0.15, 0.2) is 0 Å². The van der Waals surface area contributed by atoms with Gasteiger partial charge < -0.3 is 15.2 Å². The van der Waals surface area contributed by atoms with E-state index in [1.54, 1.807) is 7.11 Å². The number of hydrogen-bond donors (Lipinski definition) is 2. The van der Waals surface area contributed by atoms with Crippen LogP contribution in [0, 0.1) is 6.92 Å². The van der Waals surface area contributed by atoms with Crippen molar-refractivity contribution in [3.63, 3.8) is 0 Å². The van der Waals surface area contributed by atoms with Gasteiger partial charge >= 0.3 is 0 Å². The lowest BCUT2D eigenvalue weighted by atomic mass is 10.1. The molecule has 1 aromatic heterocycles. The molecule has 1 saturated heterocycles. The van der Waals surface area contributed by atoms with Gasteiger partial charge in [0.25, 0.3) is 0 Å². The summed E-state index contributed by atoms with van der Waals surface area (Å²) in [4.78, 5) is 1.31. The highest BCUT2D eigenvalue weighted by molar-refractivity contribution is 7.19. The first kappa shape index (κ1) is 15.7. The molecule has 3 rings (SSSR count). The molecule has 0 bridgehead atoms. The van der Waals surface area contributed by atoms with Gasteiger partial charge in [-0.25, -0.2) is 0 Å². The van der Waals surface area contributed by atoms with Gasteiger partial charge in [-0.3, -0.25) is 5.32 Å². The summed E-state index contributed by atoms with van der Waals surface area (Å²) in [6.07, 6.45) is 2.49. The third-order valence-corrected chi connectivity index (χ3v) is 5.59. The number of methoxy groups -OCH3 is 1. The number of ether oxygens (including phenoxy) is 2. The fourth-order valence-corrected chi connectivity index (χ4v) is 4.16. The molecule has 0 spiro atoms. The summed E-state index contributed by atoms with van der Waals surface area (Å²) in [7, 11) is 1.70. The average Bonchev–Trinajstić information content (AvgIpc) is 3.22. The first-order valence-corrected chi connectivity index (χ1v) is 8.68. The Morgan fingerprint density at radius 1 is 1.45 bits per heavy atom. The van der Waals surface area contributed by atoms with Crippen LogP contribution < -0.4 is 15.8 Å². The van der Waals surface area contributed by atoms with E-state index in [9.17, 15) is 0 Å². The molecule has 1 aliphatic heterocycles. The lowest BCUT2D eigenvalue weighted by Crippen LogP contribution is -2.38. The predicted octanol–water partition coefficient (Wildman–Crippen LogP) is 3.33. The minimum absolute atomic E-state index is 0.105. The van der Waals surface area contributed by atoms with Crippen molar-refractivity contribution in [2.75, 3.05) is 13.7 Å². The van der Waals surface area contributed by atoms with Crippen molar-refractivity contribution in [3.05, 3.63) is 28.6 Å². The van der Waals surface area contributed by atoms with Crippen LogP contribution in [0.2, 0.25) is 0 Å². The first-order chi connectivity index (χ1) is 10.7. The monoisotopic (exact) mass is 320 g/mol. The van der Waals surface area contributed by atoms with Crippen molar-refractivity contribution in [2.24, 2.45) is 5.73 Å². The number of hydrogen-bond acceptors (Lipinski definition) is 5. The van der Waals surface area contributed by atoms with E-state index in [0.717, 1.165) is 18.6 Å². The number of thiophene rings is 1. The van der Waals surface area contributed by atoms with Gasteiger partial charge in [-0.2, -0.15) is 0 Å². The second kappa shape index (κ2) is 6.54. The zero-order chi connectivity index (χ0) is 15.7. The van der Waals surface area contributed by atoms with Gasteiger partial charge in [0.1, 0.15) is 18.1 Å². The van der Waals surface area contributed by atoms with Crippen LogP contribution in [0.1, 0.15) is 36.3 Å². The Bertz CT molecular complexity index is 655. The van der Waals surface area contributed by atoms with Crippen molar-refractivity contribution in [1.82, 2.24) is 5.32 Å². The minimum atomic E-state index is 0.105. The van der Waals surface area contributed by atoms with Crippen LogP contribution in [0.3, 0.4) is 0 Å². The molecule has 0 saturated carbocycles. The highest BCUT2D eigenvalue weighted by Crippen LogP contribution is 2.46. The molecular weight excluding hydrogens is 296 g/mol. The first-order valence-electron chi connectivity index (χ1n) is 7.86. The number of benzene rings is 1. The van der Waals surface area contributed by atoms with Gasteiger partial charge in [-0.1, -0.05) is 13.3 Å². The third kappa shape index (κ3) is 2.99. The molecule has 1 fully saturated rings. The van der Waals surface area contributed by atoms with Crippen molar-refractivity contribution in [2.45, 2.75) is 45.1 Å². The normalized spacial score (nSPS) is 22.0. The van der Waals surface area contributed by atoms with Crippen LogP contribution in [0.25, 0.3) is 10.1 Å². The highest BCUT2D eigenvalue weighted by atomic mass is 32.1. The maximum absolute atomic E-state index is 5.86. The summed E-state index contributed by atoms with van der Waals surface area (Å²) in [6, 6.07) is 6.58. The van der Waals surface area contributed by atoms with Crippen molar-refractivity contribution in [3.8, 4) is 5.75 Å². The molecule has 0 aliphatic carbocycles. The van der Waals surface area contributed by atoms with Crippen LogP contribution in [0.4, 0.5) is 0 Å². The summed E-state index contributed by atoms with van der Waals surface area (Å²) >= 11 is 1.81. The highest BCUT2D eigenvalue weighted by Gasteiger charge is 2.43. The quantitative estimate of drug-likeness (QED) is 0.768. The number of aryl methyl sites for hydroxylation is 1. The molecule has 1 aromatic carbocycles. The number of epoxide rings is 1. The van der Waals surface area contributed by atoms with Gasteiger partial charge in [-0.05, 0) is 42.5 Å². The maximum atomic E-state index is 5.86. The summed E-state index contributed by atoms with van der Waals surface area (Å²) in [6.45, 7) is 5.00. The summed E-state index contributed by atoms with van der Waals surface area (Å²) in [5.41, 5.74) is 7.11. The molecule has 3 N–H and O–H groups in total. The number of nitrogens with one attached hydrogen (secondary N) is 1. The second-order valence-corrected chi connectivity index (χ2v) is 6.90. The van der Waals surface area contributed by atoms with Gasteiger partial charge in [-0.15, -0.1) is 11.3 Å². The molecule has 3 atom stereocenters. The lowest BCUT2D eigenvalue weighted by Gasteiger charge is -2.13. The van der Waals surface area contributed by atoms with Crippen LogP contribution in [0.15, 0.2) is 18.2 Å². The summed E-state index contributed by atoms with van der Waals surface area (Å²) in [5.74, 6) is 0.900. The molecular formula is C17H24N2O2S. The van der Waals surface area contributed by atoms with Gasteiger partial charge in [0.2, 0.25) is 0 Å².